The molecule has 0 spiro atoms. The predicted octanol–water partition coefficient (Wildman–Crippen LogP) is 4.74. The number of pyridine rings is 1. The number of aromatic nitrogens is 3. The Bertz CT molecular complexity index is 1590. The highest BCUT2D eigenvalue weighted by Crippen LogP contribution is 2.45. The number of phenols is 1. The topological polar surface area (TPSA) is 77.4 Å². The number of rotatable bonds is 2. The number of alkyl halides is 3. The van der Waals surface area contributed by atoms with Gasteiger partial charge in [-0.05, 0) is 63.2 Å². The summed E-state index contributed by atoms with van der Waals surface area (Å²) in [7, 11) is 0. The second kappa shape index (κ2) is 9.16. The number of hydrogen-bond acceptors (Lipinski definition) is 7. The zero-order valence-electron chi connectivity index (χ0n) is 21.3. The van der Waals surface area contributed by atoms with Gasteiger partial charge in [0.15, 0.2) is 5.82 Å². The van der Waals surface area contributed by atoms with Crippen LogP contribution in [0.25, 0.3) is 22.2 Å². The van der Waals surface area contributed by atoms with Crippen LogP contribution >= 0.6 is 11.6 Å². The van der Waals surface area contributed by atoms with Crippen molar-refractivity contribution in [2.75, 3.05) is 31.1 Å². The maximum absolute atomic E-state index is 16.2. The molecule has 0 radical (unpaired) electrons. The van der Waals surface area contributed by atoms with Gasteiger partial charge >= 0.3 is 6.18 Å². The number of hydrogen-bond donors (Lipinski definition) is 2. The Morgan fingerprint density at radius 1 is 1.15 bits per heavy atom. The van der Waals surface area contributed by atoms with Crippen molar-refractivity contribution in [1.29, 1.82) is 0 Å². The second-order valence-corrected chi connectivity index (χ2v) is 11.4. The maximum atomic E-state index is 16.2. The number of benzene rings is 1. The Labute approximate surface area is 232 Å². The molecule has 4 aliphatic heterocycles. The molecule has 2 N–H and O–H groups in total. The van der Waals surface area contributed by atoms with Gasteiger partial charge in [0.1, 0.15) is 22.8 Å². The summed E-state index contributed by atoms with van der Waals surface area (Å²) in [5.74, 6) is 5.48. The minimum Gasteiger partial charge on any atom is -0.508 e. The van der Waals surface area contributed by atoms with Crippen molar-refractivity contribution < 1.29 is 22.7 Å². The molecule has 4 aliphatic rings. The molecule has 7 nitrogen and oxygen atoms in total. The van der Waals surface area contributed by atoms with Crippen molar-refractivity contribution in [3.8, 4) is 28.8 Å². The minimum atomic E-state index is -4.91. The molecule has 0 saturated carbocycles. The van der Waals surface area contributed by atoms with E-state index in [1.165, 1.54) is 6.20 Å². The summed E-state index contributed by atoms with van der Waals surface area (Å²) in [6.45, 7) is 3.38. The third-order valence-electron chi connectivity index (χ3n) is 8.66. The molecule has 0 aliphatic carbocycles. The highest BCUT2D eigenvalue weighted by atomic mass is 35.5. The molecule has 12 heteroatoms. The van der Waals surface area contributed by atoms with E-state index < -0.39 is 39.6 Å². The van der Waals surface area contributed by atoms with Crippen LogP contribution in [0.3, 0.4) is 0 Å². The van der Waals surface area contributed by atoms with Crippen molar-refractivity contribution in [2.24, 2.45) is 0 Å². The Morgan fingerprint density at radius 2 is 1.93 bits per heavy atom. The first-order valence-corrected chi connectivity index (χ1v) is 13.8. The standard InChI is InChI=1S/C28H25ClF4N6O/c29-20-11-17(40)10-18(22(20)28(31,32)33)24-23(30)25-19(13-35-24)26(39-14-15-9-16(39)12-34-15)37-21(36-25)3-6-27-4-1-7-38(27)8-2-5-27/h10-11,13,15-16,34,40H,1-2,4-5,7-9,12,14H2/t15-,16-/m0/s1. The normalized spacial score (nSPS) is 23.6. The van der Waals surface area contributed by atoms with Gasteiger partial charge in [0.2, 0.25) is 5.82 Å². The number of halogens is 5. The number of aromatic hydroxyl groups is 1. The van der Waals surface area contributed by atoms with Crippen molar-refractivity contribution in [3.05, 3.63) is 40.6 Å². The van der Waals surface area contributed by atoms with Gasteiger partial charge in [0, 0.05) is 36.9 Å². The molecule has 2 bridgehead atoms. The fraction of sp³-hybridized carbons (Fsp3) is 0.464. The molecule has 208 valence electrons. The molecule has 6 heterocycles. The number of piperazine rings is 1. The van der Waals surface area contributed by atoms with Crippen LogP contribution in [-0.2, 0) is 6.18 Å². The first-order chi connectivity index (χ1) is 19.1. The Hall–Kier alpha value is -3.20. The lowest BCUT2D eigenvalue weighted by Gasteiger charge is -2.29. The summed E-state index contributed by atoms with van der Waals surface area (Å²) in [4.78, 5) is 17.7. The van der Waals surface area contributed by atoms with Crippen molar-refractivity contribution in [3.63, 3.8) is 0 Å². The first kappa shape index (κ1) is 25.7. The predicted molar refractivity (Wildman–Crippen MR) is 142 cm³/mol. The van der Waals surface area contributed by atoms with Crippen molar-refractivity contribution >= 4 is 28.3 Å². The fourth-order valence-electron chi connectivity index (χ4n) is 6.87. The van der Waals surface area contributed by atoms with E-state index in [0.29, 0.717) is 17.7 Å². The SMILES string of the molecule is Oc1cc(Cl)c(C(F)(F)F)c(-c2ncc3c(N4C[C@@H]5C[C@H]4CN5)nc(C#CC45CCCN4CCC5)nc3c2F)c1. The minimum absolute atomic E-state index is 0.118. The van der Waals surface area contributed by atoms with Crippen LogP contribution in [0.2, 0.25) is 5.02 Å². The summed E-state index contributed by atoms with van der Waals surface area (Å²) in [5, 5.41) is 13.0. The van der Waals surface area contributed by atoms with E-state index in [-0.39, 0.29) is 29.0 Å². The van der Waals surface area contributed by atoms with Gasteiger partial charge in [-0.1, -0.05) is 17.5 Å². The van der Waals surface area contributed by atoms with Crippen LogP contribution < -0.4 is 10.2 Å². The molecule has 0 unspecified atom stereocenters. The maximum Gasteiger partial charge on any atom is 0.418 e. The van der Waals surface area contributed by atoms with E-state index >= 15 is 4.39 Å². The Morgan fingerprint density at radius 3 is 2.60 bits per heavy atom. The molecule has 2 atom stereocenters. The highest BCUT2D eigenvalue weighted by Gasteiger charge is 2.43. The zero-order valence-corrected chi connectivity index (χ0v) is 22.1. The number of phenolic OH excluding ortho intramolecular Hbond substituents is 1. The second-order valence-electron chi connectivity index (χ2n) is 11.0. The van der Waals surface area contributed by atoms with Gasteiger partial charge < -0.3 is 15.3 Å². The molecule has 4 fully saturated rings. The van der Waals surface area contributed by atoms with Gasteiger partial charge in [-0.3, -0.25) is 9.88 Å². The summed E-state index contributed by atoms with van der Waals surface area (Å²) in [6.07, 6.45) is 1.31. The fourth-order valence-corrected chi connectivity index (χ4v) is 7.19. The lowest BCUT2D eigenvalue weighted by atomic mass is 9.95. The van der Waals surface area contributed by atoms with Gasteiger partial charge in [-0.15, -0.1) is 0 Å². The van der Waals surface area contributed by atoms with E-state index in [0.717, 1.165) is 63.9 Å². The van der Waals surface area contributed by atoms with E-state index in [1.807, 2.05) is 0 Å². The summed E-state index contributed by atoms with van der Waals surface area (Å²) < 4.78 is 58.2. The van der Waals surface area contributed by atoms with Crippen LogP contribution in [0.1, 0.15) is 43.5 Å². The van der Waals surface area contributed by atoms with E-state index in [4.69, 9.17) is 16.6 Å². The monoisotopic (exact) mass is 572 g/mol. The lowest BCUT2D eigenvalue weighted by molar-refractivity contribution is -0.137. The molecule has 2 aromatic heterocycles. The number of nitrogens with one attached hydrogen (secondary N) is 1. The van der Waals surface area contributed by atoms with Crippen molar-refractivity contribution in [1.82, 2.24) is 25.2 Å². The molecule has 40 heavy (non-hydrogen) atoms. The first-order valence-electron chi connectivity index (χ1n) is 13.4. The molecular formula is C28H25ClF4N6O. The van der Waals surface area contributed by atoms with Crippen LogP contribution in [0, 0.1) is 17.7 Å². The largest absolute Gasteiger partial charge is 0.508 e. The molecule has 3 aromatic rings. The summed E-state index contributed by atoms with van der Waals surface area (Å²) in [5.41, 5.74) is -2.97. The van der Waals surface area contributed by atoms with Crippen LogP contribution in [0.5, 0.6) is 5.75 Å². The number of nitrogens with zero attached hydrogens (tertiary/aromatic N) is 5. The molecular weight excluding hydrogens is 548 g/mol. The van der Waals surface area contributed by atoms with Gasteiger partial charge in [-0.25, -0.2) is 14.4 Å². The van der Waals surface area contributed by atoms with E-state index in [2.05, 4.69) is 36.9 Å². The molecule has 4 saturated heterocycles. The number of anilines is 1. The van der Waals surface area contributed by atoms with Gasteiger partial charge in [-0.2, -0.15) is 13.2 Å². The van der Waals surface area contributed by atoms with Crippen molar-refractivity contribution in [2.45, 2.75) is 55.9 Å². The van der Waals surface area contributed by atoms with E-state index in [1.54, 1.807) is 0 Å². The Balaban J connectivity index is 1.42. The molecule has 7 rings (SSSR count). The quantitative estimate of drug-likeness (QED) is 0.339. The van der Waals surface area contributed by atoms with Crippen LogP contribution in [-0.4, -0.2) is 68.8 Å². The van der Waals surface area contributed by atoms with Crippen LogP contribution in [0.15, 0.2) is 18.3 Å². The third kappa shape index (κ3) is 4.07. The third-order valence-corrected chi connectivity index (χ3v) is 8.95. The van der Waals surface area contributed by atoms with Crippen LogP contribution in [0.4, 0.5) is 23.4 Å². The number of fused-ring (bicyclic) bond motifs is 4. The smallest absolute Gasteiger partial charge is 0.418 e. The Kier molecular flexibility index (Phi) is 5.90. The lowest BCUT2D eigenvalue weighted by Crippen LogP contribution is -2.44. The van der Waals surface area contributed by atoms with E-state index in [9.17, 15) is 18.3 Å². The molecule has 1 aromatic carbocycles. The summed E-state index contributed by atoms with van der Waals surface area (Å²) >= 11 is 5.87. The highest BCUT2D eigenvalue weighted by molar-refractivity contribution is 6.32. The molecule has 0 amide bonds. The average Bonchev–Trinajstić information content (AvgIpc) is 3.68. The van der Waals surface area contributed by atoms with Gasteiger partial charge in [0.25, 0.3) is 0 Å². The van der Waals surface area contributed by atoms with Gasteiger partial charge in [0.05, 0.1) is 21.5 Å². The zero-order chi connectivity index (χ0) is 27.8. The average molecular weight is 573 g/mol. The summed E-state index contributed by atoms with van der Waals surface area (Å²) in [6, 6.07) is 2.00.